The molecule has 0 saturated heterocycles. The predicted molar refractivity (Wildman–Crippen MR) is 115 cm³/mol. The highest BCUT2D eigenvalue weighted by Crippen LogP contribution is 2.40. The summed E-state index contributed by atoms with van der Waals surface area (Å²) in [7, 11) is 3.44. The zero-order valence-corrected chi connectivity index (χ0v) is 17.9. The first-order valence-corrected chi connectivity index (χ1v) is 8.88. The molecule has 25 heavy (non-hydrogen) atoms. The van der Waals surface area contributed by atoms with Gasteiger partial charge in [-0.3, -0.25) is 9.79 Å². The molecule has 1 aromatic rings. The van der Waals surface area contributed by atoms with Crippen LogP contribution in [0.25, 0.3) is 0 Å². The molecule has 1 aromatic carbocycles. The summed E-state index contributed by atoms with van der Waals surface area (Å²) in [5.41, 5.74) is 2.24. The lowest BCUT2D eigenvalue weighted by molar-refractivity contribution is 0.0963. The minimum absolute atomic E-state index is 0. The van der Waals surface area contributed by atoms with Gasteiger partial charge in [-0.15, -0.1) is 24.0 Å². The molecule has 5 nitrogen and oxygen atoms in total. The third kappa shape index (κ3) is 6.17. The van der Waals surface area contributed by atoms with Crippen LogP contribution in [0.15, 0.2) is 29.3 Å². The summed E-state index contributed by atoms with van der Waals surface area (Å²) in [4.78, 5) is 15.9. The van der Waals surface area contributed by atoms with Crippen LogP contribution in [0.5, 0.6) is 0 Å². The normalized spacial score (nSPS) is 16.0. The van der Waals surface area contributed by atoms with Gasteiger partial charge in [0, 0.05) is 32.7 Å². The summed E-state index contributed by atoms with van der Waals surface area (Å²) in [5, 5.41) is 9.47. The van der Waals surface area contributed by atoms with Gasteiger partial charge in [0.2, 0.25) is 0 Å². The third-order valence-electron chi connectivity index (χ3n) is 5.17. The molecule has 2 rings (SSSR count). The van der Waals surface area contributed by atoms with Gasteiger partial charge >= 0.3 is 0 Å². The summed E-state index contributed by atoms with van der Waals surface area (Å²) in [6.07, 6.45) is 6.54. The van der Waals surface area contributed by atoms with Crippen LogP contribution in [-0.4, -0.2) is 32.5 Å². The molecule has 0 radical (unpaired) electrons. The van der Waals surface area contributed by atoms with Crippen molar-refractivity contribution in [2.24, 2.45) is 10.4 Å². The molecule has 140 valence electrons. The number of nitrogens with zero attached hydrogens (tertiary/aromatic N) is 1. The largest absolute Gasteiger partial charge is 0.356 e. The lowest BCUT2D eigenvalue weighted by Crippen LogP contribution is -2.42. The molecule has 0 heterocycles. The first-order chi connectivity index (χ1) is 11.6. The highest BCUT2D eigenvalue weighted by molar-refractivity contribution is 14.0. The van der Waals surface area contributed by atoms with Gasteiger partial charge in [-0.2, -0.15) is 0 Å². The van der Waals surface area contributed by atoms with Gasteiger partial charge < -0.3 is 16.0 Å². The number of aliphatic imine (C=N–C) groups is 1. The van der Waals surface area contributed by atoms with E-state index in [2.05, 4.69) is 27.9 Å². The maximum Gasteiger partial charge on any atom is 0.251 e. The second kappa shape index (κ2) is 10.6. The smallest absolute Gasteiger partial charge is 0.251 e. The topological polar surface area (TPSA) is 65.5 Å². The standard InChI is InChI=1S/C19H30N4O.HI/c1-4-19(11-5-6-12-19)14-23-18(21-3)22-13-15-7-9-16(10-8-15)17(24)20-2;/h7-10H,4-6,11-14H2,1-3H3,(H,20,24)(H2,21,22,23);1H. The summed E-state index contributed by atoms with van der Waals surface area (Å²) in [6.45, 7) is 3.96. The average molecular weight is 458 g/mol. The fourth-order valence-electron chi connectivity index (χ4n) is 3.38. The van der Waals surface area contributed by atoms with Crippen LogP contribution < -0.4 is 16.0 Å². The van der Waals surface area contributed by atoms with Gasteiger partial charge in [-0.1, -0.05) is 31.9 Å². The Morgan fingerprint density at radius 1 is 1.16 bits per heavy atom. The fraction of sp³-hybridized carbons (Fsp3) is 0.579. The van der Waals surface area contributed by atoms with Crippen LogP contribution >= 0.6 is 24.0 Å². The van der Waals surface area contributed by atoms with Crippen LogP contribution in [-0.2, 0) is 6.54 Å². The minimum Gasteiger partial charge on any atom is -0.356 e. The first kappa shape index (κ1) is 21.7. The zero-order chi connectivity index (χ0) is 17.4. The lowest BCUT2D eigenvalue weighted by atomic mass is 9.83. The van der Waals surface area contributed by atoms with Gasteiger partial charge in [0.25, 0.3) is 5.91 Å². The summed E-state index contributed by atoms with van der Waals surface area (Å²) in [6, 6.07) is 7.62. The van der Waals surface area contributed by atoms with Gasteiger partial charge in [0.15, 0.2) is 5.96 Å². The van der Waals surface area contributed by atoms with E-state index in [1.54, 1.807) is 14.1 Å². The summed E-state index contributed by atoms with van der Waals surface area (Å²) >= 11 is 0. The number of amides is 1. The number of carbonyl (C=O) groups is 1. The number of nitrogens with one attached hydrogen (secondary N) is 3. The van der Waals surface area contributed by atoms with Gasteiger partial charge in [-0.25, -0.2) is 0 Å². The van der Waals surface area contributed by atoms with Gasteiger partial charge in [-0.05, 0) is 42.4 Å². The van der Waals surface area contributed by atoms with Crippen molar-refractivity contribution in [3.63, 3.8) is 0 Å². The highest BCUT2D eigenvalue weighted by atomic mass is 127. The van der Waals surface area contributed by atoms with Crippen molar-refractivity contribution in [1.82, 2.24) is 16.0 Å². The average Bonchev–Trinajstić information content (AvgIpc) is 3.11. The lowest BCUT2D eigenvalue weighted by Gasteiger charge is -2.28. The Kier molecular flexibility index (Phi) is 9.24. The van der Waals surface area contributed by atoms with Crippen molar-refractivity contribution in [3.05, 3.63) is 35.4 Å². The Morgan fingerprint density at radius 2 is 1.80 bits per heavy atom. The molecule has 1 amide bonds. The Hall–Kier alpha value is -1.31. The molecular weight excluding hydrogens is 427 g/mol. The SMILES string of the molecule is CCC1(CNC(=NC)NCc2ccc(C(=O)NC)cc2)CCCC1.I. The van der Waals surface area contributed by atoms with Crippen molar-refractivity contribution in [3.8, 4) is 0 Å². The number of halogens is 1. The first-order valence-electron chi connectivity index (χ1n) is 8.88. The van der Waals surface area contributed by atoms with Crippen LogP contribution in [0.1, 0.15) is 54.9 Å². The molecule has 0 bridgehead atoms. The van der Waals surface area contributed by atoms with Crippen LogP contribution in [0.3, 0.4) is 0 Å². The van der Waals surface area contributed by atoms with E-state index in [9.17, 15) is 4.79 Å². The van der Waals surface area contributed by atoms with Gasteiger partial charge in [0.05, 0.1) is 0 Å². The van der Waals surface area contributed by atoms with Crippen LogP contribution in [0.4, 0.5) is 0 Å². The van der Waals surface area contributed by atoms with Crippen LogP contribution in [0.2, 0.25) is 0 Å². The molecule has 6 heteroatoms. The highest BCUT2D eigenvalue weighted by Gasteiger charge is 2.31. The number of hydrogen-bond donors (Lipinski definition) is 3. The van der Waals surface area contributed by atoms with Crippen molar-refractivity contribution in [1.29, 1.82) is 0 Å². The fourth-order valence-corrected chi connectivity index (χ4v) is 3.38. The quantitative estimate of drug-likeness (QED) is 0.348. The molecule has 0 unspecified atom stereocenters. The maximum absolute atomic E-state index is 11.6. The molecule has 1 aliphatic carbocycles. The zero-order valence-electron chi connectivity index (χ0n) is 15.5. The van der Waals surface area contributed by atoms with Crippen molar-refractivity contribution >= 4 is 35.8 Å². The minimum atomic E-state index is -0.0617. The number of rotatable bonds is 6. The molecular formula is C19H31IN4O. The van der Waals surface area contributed by atoms with Crippen molar-refractivity contribution in [2.45, 2.75) is 45.6 Å². The third-order valence-corrected chi connectivity index (χ3v) is 5.17. The molecule has 0 spiro atoms. The molecule has 1 fully saturated rings. The summed E-state index contributed by atoms with van der Waals surface area (Å²) < 4.78 is 0. The number of carbonyl (C=O) groups excluding carboxylic acids is 1. The number of guanidine groups is 1. The Morgan fingerprint density at radius 3 is 2.32 bits per heavy atom. The second-order valence-corrected chi connectivity index (χ2v) is 6.62. The van der Waals surface area contributed by atoms with Gasteiger partial charge in [0.1, 0.15) is 0 Å². The number of hydrogen-bond acceptors (Lipinski definition) is 2. The Bertz CT molecular complexity index is 565. The molecule has 3 N–H and O–H groups in total. The Labute approximate surface area is 168 Å². The van der Waals surface area contributed by atoms with Crippen molar-refractivity contribution < 1.29 is 4.79 Å². The van der Waals surface area contributed by atoms with E-state index >= 15 is 0 Å². The maximum atomic E-state index is 11.6. The van der Waals surface area contributed by atoms with E-state index in [1.807, 2.05) is 24.3 Å². The van der Waals surface area contributed by atoms with E-state index in [0.29, 0.717) is 17.5 Å². The molecule has 0 aliphatic heterocycles. The van der Waals surface area contributed by atoms with Crippen LogP contribution in [0, 0.1) is 5.41 Å². The van der Waals surface area contributed by atoms with Crippen molar-refractivity contribution in [2.75, 3.05) is 20.6 Å². The molecule has 0 aromatic heterocycles. The molecule has 1 aliphatic rings. The van der Waals surface area contributed by atoms with E-state index in [0.717, 1.165) is 18.1 Å². The molecule has 1 saturated carbocycles. The van der Waals surface area contributed by atoms with E-state index in [-0.39, 0.29) is 29.9 Å². The van der Waals surface area contributed by atoms with E-state index < -0.39 is 0 Å². The monoisotopic (exact) mass is 458 g/mol. The second-order valence-electron chi connectivity index (χ2n) is 6.62. The van der Waals surface area contributed by atoms with E-state index in [4.69, 9.17) is 0 Å². The summed E-state index contributed by atoms with van der Waals surface area (Å²) in [5.74, 6) is 0.776. The molecule has 0 atom stereocenters. The number of benzene rings is 1. The Balaban J connectivity index is 0.00000312. The predicted octanol–water partition coefficient (Wildman–Crippen LogP) is 3.30. The van der Waals surface area contributed by atoms with E-state index in [1.165, 1.54) is 32.1 Å².